The maximum Gasteiger partial charge on any atom is 0.303 e. The van der Waals surface area contributed by atoms with Crippen molar-refractivity contribution in [3.05, 3.63) is 12.0 Å². The minimum atomic E-state index is -0.993. The molecule has 2 unspecified atom stereocenters. The molecule has 3 rings (SSSR count). The first-order valence-corrected chi connectivity index (χ1v) is 7.92. The third-order valence-corrected chi connectivity index (χ3v) is 4.10. The fraction of sp³-hybridized carbons (Fsp3) is 0.571. The first-order chi connectivity index (χ1) is 11.8. The number of nitrogens with zero attached hydrogens (tertiary/aromatic N) is 3. The van der Waals surface area contributed by atoms with Crippen LogP contribution in [0.2, 0.25) is 0 Å². The number of aromatic nitrogens is 2. The lowest BCUT2D eigenvalue weighted by atomic mass is 10.1. The zero-order chi connectivity index (χ0) is 18.3. The van der Waals surface area contributed by atoms with Gasteiger partial charge in [-0.2, -0.15) is 4.39 Å². The van der Waals surface area contributed by atoms with Gasteiger partial charge in [-0.15, -0.1) is 0 Å². The monoisotopic (exact) mass is 374 g/mol. The number of ether oxygens (including phenoxy) is 3. The molecule has 1 aromatic heterocycles. The van der Waals surface area contributed by atoms with Gasteiger partial charge in [-0.25, -0.2) is 9.98 Å². The van der Waals surface area contributed by atoms with E-state index in [2.05, 4.69) is 15.3 Å². The van der Waals surface area contributed by atoms with Crippen LogP contribution in [0.25, 0.3) is 0 Å². The molecular formula is C14H16ClFN4O5. The first kappa shape index (κ1) is 17.6. The van der Waals surface area contributed by atoms with Gasteiger partial charge in [-0.3, -0.25) is 14.2 Å². The summed E-state index contributed by atoms with van der Waals surface area (Å²) < 4.78 is 31.4. The number of rotatable bonds is 3. The summed E-state index contributed by atoms with van der Waals surface area (Å²) in [5.74, 6) is -0.886. The van der Waals surface area contributed by atoms with E-state index < -0.39 is 48.1 Å². The van der Waals surface area contributed by atoms with E-state index in [1.54, 1.807) is 6.92 Å². The summed E-state index contributed by atoms with van der Waals surface area (Å²) in [4.78, 5) is 30.5. The summed E-state index contributed by atoms with van der Waals surface area (Å²) in [5.41, 5.74) is -0.690. The summed E-state index contributed by atoms with van der Waals surface area (Å²) in [5, 5.41) is 2.43. The van der Waals surface area contributed by atoms with Gasteiger partial charge in [-0.1, -0.05) is 11.6 Å². The first-order valence-electron chi connectivity index (χ1n) is 7.49. The van der Waals surface area contributed by atoms with E-state index in [0.29, 0.717) is 5.69 Å². The molecule has 3 heterocycles. The Kier molecular flexibility index (Phi) is 4.65. The van der Waals surface area contributed by atoms with Crippen LogP contribution in [0.15, 0.2) is 11.3 Å². The fourth-order valence-electron chi connectivity index (χ4n) is 2.86. The zero-order valence-corrected chi connectivity index (χ0v) is 14.4. The van der Waals surface area contributed by atoms with Crippen LogP contribution < -0.4 is 5.32 Å². The van der Waals surface area contributed by atoms with Crippen molar-refractivity contribution in [2.24, 2.45) is 4.99 Å². The van der Waals surface area contributed by atoms with Gasteiger partial charge < -0.3 is 19.5 Å². The number of amidine groups is 1. The number of aliphatic imine (C=N–C) groups is 1. The minimum Gasteiger partial charge on any atom is -0.456 e. The van der Waals surface area contributed by atoms with E-state index in [0.717, 1.165) is 0 Å². The molecule has 1 aromatic rings. The molecule has 11 heteroatoms. The molecule has 0 radical (unpaired) electrons. The van der Waals surface area contributed by atoms with Crippen LogP contribution in [0.5, 0.6) is 0 Å². The van der Waals surface area contributed by atoms with Crippen molar-refractivity contribution in [1.82, 2.24) is 9.55 Å². The van der Waals surface area contributed by atoms with Gasteiger partial charge in [0.15, 0.2) is 23.9 Å². The van der Waals surface area contributed by atoms with Gasteiger partial charge in [0.05, 0.1) is 12.4 Å². The highest BCUT2D eigenvalue weighted by atomic mass is 35.5. The van der Waals surface area contributed by atoms with Crippen molar-refractivity contribution in [3.8, 4) is 0 Å². The molecule has 9 nitrogen and oxygen atoms in total. The predicted molar refractivity (Wildman–Crippen MR) is 83.7 cm³/mol. The van der Waals surface area contributed by atoms with Crippen LogP contribution in [0, 0.1) is 0 Å². The molecule has 136 valence electrons. The lowest BCUT2D eigenvalue weighted by Crippen LogP contribution is -2.38. The Labute approximate surface area is 147 Å². The summed E-state index contributed by atoms with van der Waals surface area (Å²) >= 11 is 5.97. The van der Waals surface area contributed by atoms with Crippen molar-refractivity contribution in [2.45, 2.75) is 50.8 Å². The van der Waals surface area contributed by atoms with Gasteiger partial charge in [0, 0.05) is 13.8 Å². The van der Waals surface area contributed by atoms with E-state index in [-0.39, 0.29) is 5.82 Å². The summed E-state index contributed by atoms with van der Waals surface area (Å²) in [6.45, 7) is 4.15. The molecule has 0 saturated carbocycles. The van der Waals surface area contributed by atoms with E-state index in [1.165, 1.54) is 24.7 Å². The number of nitrogens with one attached hydrogen (secondary N) is 1. The molecule has 2 aliphatic heterocycles. The molecule has 1 saturated heterocycles. The zero-order valence-electron chi connectivity index (χ0n) is 13.6. The number of carbonyl (C=O) groups is 2. The quantitative estimate of drug-likeness (QED) is 0.487. The predicted octanol–water partition coefficient (Wildman–Crippen LogP) is 1.65. The summed E-state index contributed by atoms with van der Waals surface area (Å²) in [7, 11) is 0. The second kappa shape index (κ2) is 6.60. The molecule has 2 aliphatic rings. The Morgan fingerprint density at radius 3 is 2.60 bits per heavy atom. The largest absolute Gasteiger partial charge is 0.456 e. The molecular weight excluding hydrogens is 359 g/mol. The average molecular weight is 375 g/mol. The number of anilines is 1. The molecule has 0 spiro atoms. The topological polar surface area (TPSA) is 104 Å². The third kappa shape index (κ3) is 3.31. The lowest BCUT2D eigenvalue weighted by molar-refractivity contribution is -0.165. The van der Waals surface area contributed by atoms with Crippen LogP contribution in [-0.2, 0) is 23.8 Å². The van der Waals surface area contributed by atoms with Gasteiger partial charge in [0.1, 0.15) is 11.5 Å². The molecule has 0 amide bonds. The highest BCUT2D eigenvalue weighted by molar-refractivity contribution is 6.22. The van der Waals surface area contributed by atoms with Crippen LogP contribution in [0.3, 0.4) is 0 Å². The van der Waals surface area contributed by atoms with Crippen molar-refractivity contribution in [2.75, 3.05) is 5.32 Å². The van der Waals surface area contributed by atoms with Crippen LogP contribution in [0.1, 0.15) is 38.2 Å². The number of fused-ring (bicyclic) bond motifs is 1. The highest BCUT2D eigenvalue weighted by Crippen LogP contribution is 2.39. The standard InChI is InChI=1S/C14H16ClFN4O5/c1-5-9(24-6(2)21)10(25-7(3)22)13(23-5)20-4-17-8-11(15)18-14(16)19-12(8)20/h4-5,9-11,13H,1-3H3,(H,18,19)/t5-,9-,10-,11?,13?/m1/s1. The summed E-state index contributed by atoms with van der Waals surface area (Å²) in [6.07, 6.45) is -2.72. The van der Waals surface area contributed by atoms with Crippen LogP contribution >= 0.6 is 11.6 Å². The summed E-state index contributed by atoms with van der Waals surface area (Å²) in [6, 6.07) is 0. The molecule has 0 aromatic carbocycles. The number of imidazole rings is 1. The Morgan fingerprint density at radius 2 is 1.96 bits per heavy atom. The normalized spacial score (nSPS) is 30.9. The SMILES string of the molecule is CC(=O)O[C@@H]1[C@@H](C)OC(n2cnc3c2NC(F)=NC3Cl)[C@@H]1OC(C)=O. The van der Waals surface area contributed by atoms with Gasteiger partial charge in [0.25, 0.3) is 6.09 Å². The van der Waals surface area contributed by atoms with Gasteiger partial charge in [-0.05, 0) is 6.92 Å². The maximum absolute atomic E-state index is 13.6. The number of carbonyl (C=O) groups excluding carboxylic acids is 2. The number of hydrogen-bond acceptors (Lipinski definition) is 8. The Morgan fingerprint density at radius 1 is 1.32 bits per heavy atom. The second-order valence-corrected chi connectivity index (χ2v) is 6.06. The molecule has 5 atom stereocenters. The van der Waals surface area contributed by atoms with Crippen molar-refractivity contribution in [1.29, 1.82) is 0 Å². The highest BCUT2D eigenvalue weighted by Gasteiger charge is 2.49. The molecule has 25 heavy (non-hydrogen) atoms. The van der Waals surface area contributed by atoms with E-state index in [1.807, 2.05) is 0 Å². The van der Waals surface area contributed by atoms with Crippen molar-refractivity contribution < 1.29 is 28.2 Å². The van der Waals surface area contributed by atoms with Crippen molar-refractivity contribution >= 4 is 35.4 Å². The maximum atomic E-state index is 13.6. The van der Waals surface area contributed by atoms with E-state index >= 15 is 0 Å². The fourth-order valence-corrected chi connectivity index (χ4v) is 3.11. The third-order valence-electron chi connectivity index (χ3n) is 3.80. The minimum absolute atomic E-state index is 0.227. The molecule has 1 fully saturated rings. The smallest absolute Gasteiger partial charge is 0.303 e. The van der Waals surface area contributed by atoms with Crippen LogP contribution in [0.4, 0.5) is 10.2 Å². The molecule has 0 aliphatic carbocycles. The number of halogens is 2. The Bertz CT molecular complexity index is 739. The van der Waals surface area contributed by atoms with E-state index in [9.17, 15) is 14.0 Å². The van der Waals surface area contributed by atoms with Gasteiger partial charge in [0.2, 0.25) is 0 Å². The Hall–Kier alpha value is -2.20. The second-order valence-electron chi connectivity index (χ2n) is 5.65. The lowest BCUT2D eigenvalue weighted by Gasteiger charge is -2.25. The average Bonchev–Trinajstić information content (AvgIpc) is 3.02. The number of esters is 2. The Balaban J connectivity index is 1.96. The molecule has 1 N–H and O–H groups in total. The number of hydrogen-bond donors (Lipinski definition) is 1. The van der Waals surface area contributed by atoms with Crippen LogP contribution in [-0.4, -0.2) is 45.9 Å². The van der Waals surface area contributed by atoms with Crippen molar-refractivity contribution in [3.63, 3.8) is 0 Å². The van der Waals surface area contributed by atoms with E-state index in [4.69, 9.17) is 25.8 Å². The number of alkyl halides is 1. The van der Waals surface area contributed by atoms with Gasteiger partial charge >= 0.3 is 11.9 Å². The molecule has 0 bridgehead atoms.